The highest BCUT2D eigenvalue weighted by Crippen LogP contribution is 2.43. The fourth-order valence-electron chi connectivity index (χ4n) is 3.50. The Morgan fingerprint density at radius 3 is 2.46 bits per heavy atom. The monoisotopic (exact) mass is 439 g/mol. The summed E-state index contributed by atoms with van der Waals surface area (Å²) in [7, 11) is -1.99. The quantitative estimate of drug-likeness (QED) is 0.703. The summed E-state index contributed by atoms with van der Waals surface area (Å²) in [4.78, 5) is 27.8. The van der Waals surface area contributed by atoms with Crippen LogP contribution >= 0.6 is 22.9 Å². The van der Waals surface area contributed by atoms with Crippen LogP contribution in [0.15, 0.2) is 22.4 Å². The predicted molar refractivity (Wildman–Crippen MR) is 113 cm³/mol. The number of fused-ring (bicyclic) bond motifs is 1. The molecule has 2 aromatic rings. The van der Waals surface area contributed by atoms with Crippen LogP contribution in [0.2, 0.25) is 5.02 Å². The molecule has 0 fully saturated rings. The molecule has 0 N–H and O–H groups in total. The van der Waals surface area contributed by atoms with E-state index in [9.17, 15) is 18.0 Å². The van der Waals surface area contributed by atoms with E-state index in [1.165, 1.54) is 4.90 Å². The Morgan fingerprint density at radius 1 is 1.25 bits per heavy atom. The molecule has 28 heavy (non-hydrogen) atoms. The topological polar surface area (TPSA) is 71.5 Å². The van der Waals surface area contributed by atoms with E-state index in [0.717, 1.165) is 23.2 Å². The third kappa shape index (κ3) is 3.75. The number of benzene rings is 1. The maximum atomic E-state index is 13.3. The van der Waals surface area contributed by atoms with Crippen molar-refractivity contribution >= 4 is 50.2 Å². The largest absolute Gasteiger partial charge is 0.311 e. The summed E-state index contributed by atoms with van der Waals surface area (Å²) in [6, 6.07) is 5.25. The molecule has 1 aromatic carbocycles. The summed E-state index contributed by atoms with van der Waals surface area (Å²) in [6.07, 6.45) is 1.82. The van der Waals surface area contributed by atoms with Gasteiger partial charge in [0.15, 0.2) is 15.6 Å². The smallest absolute Gasteiger partial charge is 0.268 e. The highest BCUT2D eigenvalue weighted by atomic mass is 35.5. The van der Waals surface area contributed by atoms with Crippen molar-refractivity contribution in [2.45, 2.75) is 37.8 Å². The van der Waals surface area contributed by atoms with E-state index < -0.39 is 9.84 Å². The molecule has 8 heteroatoms. The molecule has 1 amide bonds. The number of hydrogen-bond donors (Lipinski definition) is 0. The number of Topliss-reactive ketones (excluding diaryl/α,β-unsaturated/α-hetero) is 1. The first-order chi connectivity index (χ1) is 12.8. The molecular formula is C20H22ClNO4S2. The van der Waals surface area contributed by atoms with E-state index in [4.69, 9.17) is 11.6 Å². The van der Waals surface area contributed by atoms with Crippen LogP contribution in [0, 0.1) is 12.3 Å². The Bertz CT molecular complexity index is 1100. The number of nitrogens with zero attached hydrogens (tertiary/aromatic N) is 1. The number of carbonyl (C=O) groups excluding carboxylic acids is 2. The first kappa shape index (κ1) is 21.0. The fourth-order valence-corrected chi connectivity index (χ4v) is 6.12. The van der Waals surface area contributed by atoms with Crippen LogP contribution in [0.4, 0.5) is 5.69 Å². The first-order valence-electron chi connectivity index (χ1n) is 8.75. The van der Waals surface area contributed by atoms with Crippen molar-refractivity contribution in [1.82, 2.24) is 0 Å². The molecule has 0 aliphatic heterocycles. The zero-order valence-electron chi connectivity index (χ0n) is 16.4. The van der Waals surface area contributed by atoms with Gasteiger partial charge >= 0.3 is 0 Å². The number of aryl methyl sites for hydroxylation is 1. The second-order valence-corrected chi connectivity index (χ2v) is 11.7. The predicted octanol–water partition coefficient (Wildman–Crippen LogP) is 4.55. The summed E-state index contributed by atoms with van der Waals surface area (Å²) < 4.78 is 24.6. The lowest BCUT2D eigenvalue weighted by Crippen LogP contribution is -2.30. The summed E-state index contributed by atoms with van der Waals surface area (Å²) >= 11 is 6.97. The lowest BCUT2D eigenvalue weighted by atomic mass is 9.74. The van der Waals surface area contributed by atoms with Gasteiger partial charge in [0.1, 0.15) is 4.21 Å². The molecule has 1 heterocycles. The molecule has 0 unspecified atom stereocenters. The first-order valence-corrected chi connectivity index (χ1v) is 11.8. The second kappa shape index (κ2) is 6.97. The fraction of sp³-hybridized carbons (Fsp3) is 0.400. The SMILES string of the molecule is Cc1cc(N(C)C(=O)c2sc(S(C)(=O)=O)c3c2CC(C)(C)CC3=O)ccc1Cl. The molecule has 0 spiro atoms. The molecule has 0 atom stereocenters. The Morgan fingerprint density at radius 2 is 1.89 bits per heavy atom. The Balaban J connectivity index is 2.15. The number of carbonyl (C=O) groups is 2. The van der Waals surface area contributed by atoms with Crippen molar-refractivity contribution in [3.8, 4) is 0 Å². The van der Waals surface area contributed by atoms with E-state index in [1.807, 2.05) is 20.8 Å². The molecule has 1 aliphatic carbocycles. The lowest BCUT2D eigenvalue weighted by Gasteiger charge is -2.29. The Hall–Kier alpha value is -1.70. The maximum Gasteiger partial charge on any atom is 0.268 e. The van der Waals surface area contributed by atoms with Gasteiger partial charge in [-0.15, -0.1) is 11.3 Å². The van der Waals surface area contributed by atoms with Crippen LogP contribution in [0.25, 0.3) is 0 Å². The third-order valence-corrected chi connectivity index (χ3v) is 8.39. The van der Waals surface area contributed by atoms with Crippen LogP contribution in [0.5, 0.6) is 0 Å². The van der Waals surface area contributed by atoms with Gasteiger partial charge in [0.2, 0.25) is 0 Å². The summed E-state index contributed by atoms with van der Waals surface area (Å²) in [6.45, 7) is 5.75. The van der Waals surface area contributed by atoms with Crippen LogP contribution in [0.3, 0.4) is 0 Å². The number of sulfone groups is 1. The van der Waals surface area contributed by atoms with Crippen LogP contribution in [-0.4, -0.2) is 33.4 Å². The van der Waals surface area contributed by atoms with Crippen molar-refractivity contribution in [2.75, 3.05) is 18.2 Å². The van der Waals surface area contributed by atoms with Gasteiger partial charge in [0.25, 0.3) is 5.91 Å². The standard InChI is InChI=1S/C20H22ClNO4S2/c1-11-8-12(6-7-14(11)21)22(4)18(24)17-13-9-20(2,3)10-15(23)16(13)19(27-17)28(5,25)26/h6-8H,9-10H2,1-5H3. The zero-order chi connectivity index (χ0) is 21.0. The van der Waals surface area contributed by atoms with Gasteiger partial charge in [-0.05, 0) is 48.1 Å². The number of ketones is 1. The molecule has 1 aliphatic rings. The number of halogens is 1. The highest BCUT2D eigenvalue weighted by molar-refractivity contribution is 7.92. The number of anilines is 1. The van der Waals surface area contributed by atoms with Crippen LogP contribution < -0.4 is 4.90 Å². The summed E-state index contributed by atoms with van der Waals surface area (Å²) in [5, 5.41) is 0.602. The zero-order valence-corrected chi connectivity index (χ0v) is 18.8. The molecule has 0 radical (unpaired) electrons. The Kier molecular flexibility index (Phi) is 5.23. The average molecular weight is 440 g/mol. The van der Waals surface area contributed by atoms with Crippen molar-refractivity contribution in [3.63, 3.8) is 0 Å². The lowest BCUT2D eigenvalue weighted by molar-refractivity contribution is 0.0909. The van der Waals surface area contributed by atoms with Gasteiger partial charge in [-0.2, -0.15) is 0 Å². The summed E-state index contributed by atoms with van der Waals surface area (Å²) in [5.74, 6) is -0.546. The van der Waals surface area contributed by atoms with Gasteiger partial charge in [0.05, 0.1) is 10.4 Å². The average Bonchev–Trinajstić information content (AvgIpc) is 2.94. The molecule has 3 rings (SSSR count). The number of amides is 1. The molecule has 150 valence electrons. The van der Waals surface area contributed by atoms with Gasteiger partial charge in [-0.25, -0.2) is 8.42 Å². The second-order valence-electron chi connectivity index (χ2n) is 8.08. The number of hydrogen-bond acceptors (Lipinski definition) is 5. The molecule has 5 nitrogen and oxygen atoms in total. The third-order valence-electron chi connectivity index (χ3n) is 4.91. The number of thiophene rings is 1. The minimum atomic E-state index is -3.62. The molecule has 0 saturated carbocycles. The minimum Gasteiger partial charge on any atom is -0.311 e. The van der Waals surface area contributed by atoms with Crippen molar-refractivity contribution in [2.24, 2.45) is 5.41 Å². The molecule has 0 bridgehead atoms. The molecule has 1 aromatic heterocycles. The van der Waals surface area contributed by atoms with Gasteiger partial charge < -0.3 is 4.90 Å². The summed E-state index contributed by atoms with van der Waals surface area (Å²) in [5.41, 5.74) is 1.91. The minimum absolute atomic E-state index is 0.00737. The van der Waals surface area contributed by atoms with E-state index in [1.54, 1.807) is 25.2 Å². The molecular weight excluding hydrogens is 418 g/mol. The van der Waals surface area contributed by atoms with Crippen LogP contribution in [0.1, 0.15) is 51.4 Å². The van der Waals surface area contributed by atoms with Gasteiger partial charge in [-0.3, -0.25) is 9.59 Å². The molecule has 0 saturated heterocycles. The van der Waals surface area contributed by atoms with E-state index >= 15 is 0 Å². The van der Waals surface area contributed by atoms with Crippen LogP contribution in [-0.2, 0) is 16.3 Å². The van der Waals surface area contributed by atoms with Crippen molar-refractivity contribution in [1.29, 1.82) is 0 Å². The normalized spacial score (nSPS) is 16.0. The van der Waals surface area contributed by atoms with Gasteiger partial charge in [0, 0.05) is 30.4 Å². The van der Waals surface area contributed by atoms with Crippen molar-refractivity contribution < 1.29 is 18.0 Å². The van der Waals surface area contributed by atoms with Crippen molar-refractivity contribution in [3.05, 3.63) is 44.8 Å². The van der Waals surface area contributed by atoms with E-state index in [0.29, 0.717) is 27.6 Å². The van der Waals surface area contributed by atoms with Gasteiger partial charge in [-0.1, -0.05) is 25.4 Å². The highest BCUT2D eigenvalue weighted by Gasteiger charge is 2.40. The Labute approximate surface area is 174 Å². The number of rotatable bonds is 3. The van der Waals surface area contributed by atoms with E-state index in [-0.39, 0.29) is 33.3 Å². The van der Waals surface area contributed by atoms with E-state index in [2.05, 4.69) is 0 Å². The maximum absolute atomic E-state index is 13.3.